The zero-order chi connectivity index (χ0) is 16.2. The predicted molar refractivity (Wildman–Crippen MR) is 77.8 cm³/mol. The highest BCUT2D eigenvalue weighted by Gasteiger charge is 2.30. The fourth-order valence-electron chi connectivity index (χ4n) is 1.73. The normalized spacial score (nSPS) is 11.3. The molecule has 0 bridgehead atoms. The van der Waals surface area contributed by atoms with Gasteiger partial charge in [0.25, 0.3) is 5.91 Å². The van der Waals surface area contributed by atoms with E-state index in [1.54, 1.807) is 0 Å². The molecule has 2 aromatic rings. The van der Waals surface area contributed by atoms with Crippen molar-refractivity contribution in [1.82, 2.24) is 5.32 Å². The average molecular weight is 329 g/mol. The Kier molecular flexibility index (Phi) is 5.07. The number of alkyl halides is 3. The van der Waals surface area contributed by atoms with Crippen molar-refractivity contribution in [3.05, 3.63) is 51.7 Å². The summed E-state index contributed by atoms with van der Waals surface area (Å²) >= 11 is 1.53. The Morgan fingerprint density at radius 2 is 2.09 bits per heavy atom. The Hall–Kier alpha value is -2.02. The number of carbonyl (C=O) groups is 1. The van der Waals surface area contributed by atoms with E-state index in [0.717, 1.165) is 22.6 Å². The van der Waals surface area contributed by atoms with Gasteiger partial charge in [0.1, 0.15) is 5.75 Å². The van der Waals surface area contributed by atoms with Crippen LogP contribution in [0.25, 0.3) is 0 Å². The highest BCUT2D eigenvalue weighted by atomic mass is 32.1. The third-order valence-corrected chi connectivity index (χ3v) is 3.97. The Balaban J connectivity index is 1.85. The maximum Gasteiger partial charge on any atom is 0.416 e. The molecule has 0 aliphatic rings. The van der Waals surface area contributed by atoms with E-state index in [9.17, 15) is 18.0 Å². The lowest BCUT2D eigenvalue weighted by Crippen LogP contribution is -2.28. The first-order valence-electron chi connectivity index (χ1n) is 6.46. The van der Waals surface area contributed by atoms with Gasteiger partial charge >= 0.3 is 6.18 Å². The summed E-state index contributed by atoms with van der Waals surface area (Å²) < 4.78 is 42.7. The number of hydrogen-bond donors (Lipinski definition) is 1. The van der Waals surface area contributed by atoms with Gasteiger partial charge in [-0.05, 0) is 42.1 Å². The smallest absolute Gasteiger partial charge is 0.416 e. The Morgan fingerprint density at radius 3 is 2.73 bits per heavy atom. The second kappa shape index (κ2) is 6.83. The van der Waals surface area contributed by atoms with E-state index in [4.69, 9.17) is 4.74 Å². The fourth-order valence-corrected chi connectivity index (χ4v) is 2.57. The minimum Gasteiger partial charge on any atom is -0.484 e. The van der Waals surface area contributed by atoms with Gasteiger partial charge < -0.3 is 10.1 Å². The van der Waals surface area contributed by atoms with Gasteiger partial charge in [-0.25, -0.2) is 0 Å². The van der Waals surface area contributed by atoms with Crippen LogP contribution in [0.2, 0.25) is 0 Å². The summed E-state index contributed by atoms with van der Waals surface area (Å²) in [4.78, 5) is 12.7. The predicted octanol–water partition coefficient (Wildman–Crippen LogP) is 3.77. The lowest BCUT2D eigenvalue weighted by Gasteiger charge is -2.10. The molecule has 0 spiro atoms. The largest absolute Gasteiger partial charge is 0.484 e. The molecule has 0 saturated carbocycles. The molecule has 0 unspecified atom stereocenters. The number of nitrogens with one attached hydrogen (secondary N) is 1. The molecule has 7 heteroatoms. The van der Waals surface area contributed by atoms with Crippen molar-refractivity contribution in [2.45, 2.75) is 19.6 Å². The number of carbonyl (C=O) groups excluding carboxylic acids is 1. The van der Waals surface area contributed by atoms with Gasteiger partial charge in [-0.2, -0.15) is 13.2 Å². The standard InChI is InChI=1S/C15H14F3NO2S/c1-10-5-6-22-13(10)8-19-14(20)9-21-12-4-2-3-11(7-12)15(16,17)18/h2-7H,8-9H2,1H3,(H,19,20). The molecule has 3 nitrogen and oxygen atoms in total. The Labute approximate surface area is 129 Å². The number of halogens is 3. The molecule has 0 radical (unpaired) electrons. The molecule has 1 amide bonds. The zero-order valence-electron chi connectivity index (χ0n) is 11.7. The monoisotopic (exact) mass is 329 g/mol. The summed E-state index contributed by atoms with van der Waals surface area (Å²) in [5.41, 5.74) is 0.281. The van der Waals surface area contributed by atoms with Crippen LogP contribution < -0.4 is 10.1 Å². The van der Waals surface area contributed by atoms with Crippen molar-refractivity contribution in [3.8, 4) is 5.75 Å². The zero-order valence-corrected chi connectivity index (χ0v) is 12.6. The summed E-state index contributed by atoms with van der Waals surface area (Å²) in [5.74, 6) is -0.373. The Bertz CT molecular complexity index is 652. The summed E-state index contributed by atoms with van der Waals surface area (Å²) in [6.07, 6.45) is -4.43. The van der Waals surface area contributed by atoms with Crippen molar-refractivity contribution in [2.75, 3.05) is 6.61 Å². The number of benzene rings is 1. The summed E-state index contributed by atoms with van der Waals surface area (Å²) in [5, 5.41) is 4.59. The van der Waals surface area contributed by atoms with Crippen molar-refractivity contribution in [1.29, 1.82) is 0 Å². The molecule has 2 rings (SSSR count). The van der Waals surface area contributed by atoms with Crippen LogP contribution in [0.4, 0.5) is 13.2 Å². The third-order valence-electron chi connectivity index (χ3n) is 2.95. The second-order valence-electron chi connectivity index (χ2n) is 4.62. The number of thiophene rings is 1. The van der Waals surface area contributed by atoms with Crippen LogP contribution in [-0.2, 0) is 17.5 Å². The number of amides is 1. The van der Waals surface area contributed by atoms with Crippen LogP contribution in [-0.4, -0.2) is 12.5 Å². The van der Waals surface area contributed by atoms with Crippen LogP contribution in [0, 0.1) is 6.92 Å². The molecule has 22 heavy (non-hydrogen) atoms. The lowest BCUT2D eigenvalue weighted by atomic mass is 10.2. The SMILES string of the molecule is Cc1ccsc1CNC(=O)COc1cccc(C(F)(F)F)c1. The van der Waals surface area contributed by atoms with Gasteiger partial charge in [-0.15, -0.1) is 11.3 Å². The molecular weight excluding hydrogens is 315 g/mol. The minimum absolute atomic E-state index is 0.0114. The van der Waals surface area contributed by atoms with E-state index in [-0.39, 0.29) is 18.3 Å². The van der Waals surface area contributed by atoms with E-state index < -0.39 is 11.7 Å². The summed E-state index contributed by atoms with van der Waals surface area (Å²) in [6, 6.07) is 6.39. The molecule has 1 aromatic carbocycles. The van der Waals surface area contributed by atoms with Crippen LogP contribution >= 0.6 is 11.3 Å². The summed E-state index contributed by atoms with van der Waals surface area (Å²) in [7, 11) is 0. The number of aryl methyl sites for hydroxylation is 1. The van der Waals surface area contributed by atoms with Crippen LogP contribution in [0.3, 0.4) is 0 Å². The van der Waals surface area contributed by atoms with E-state index in [2.05, 4.69) is 5.32 Å². The topological polar surface area (TPSA) is 38.3 Å². The quantitative estimate of drug-likeness (QED) is 0.907. The Morgan fingerprint density at radius 1 is 1.32 bits per heavy atom. The van der Waals surface area contributed by atoms with Crippen molar-refractivity contribution < 1.29 is 22.7 Å². The molecule has 0 atom stereocenters. The first-order valence-corrected chi connectivity index (χ1v) is 7.34. The molecule has 0 aliphatic carbocycles. The van der Waals surface area contributed by atoms with Crippen LogP contribution in [0.1, 0.15) is 16.0 Å². The molecule has 1 heterocycles. The highest BCUT2D eigenvalue weighted by molar-refractivity contribution is 7.10. The molecule has 0 saturated heterocycles. The first-order chi connectivity index (χ1) is 10.4. The fraction of sp³-hybridized carbons (Fsp3) is 0.267. The minimum atomic E-state index is -4.43. The molecule has 118 valence electrons. The van der Waals surface area contributed by atoms with E-state index in [1.807, 2.05) is 18.4 Å². The van der Waals surface area contributed by atoms with E-state index in [0.29, 0.717) is 6.54 Å². The van der Waals surface area contributed by atoms with Crippen molar-refractivity contribution in [2.24, 2.45) is 0 Å². The second-order valence-corrected chi connectivity index (χ2v) is 5.62. The van der Waals surface area contributed by atoms with E-state index in [1.165, 1.54) is 23.5 Å². The summed E-state index contributed by atoms with van der Waals surface area (Å²) in [6.45, 7) is 2.00. The number of hydrogen-bond acceptors (Lipinski definition) is 3. The molecule has 1 aromatic heterocycles. The maximum absolute atomic E-state index is 12.5. The van der Waals surface area contributed by atoms with Crippen molar-refractivity contribution in [3.63, 3.8) is 0 Å². The molecular formula is C15H14F3NO2S. The molecule has 1 N–H and O–H groups in total. The van der Waals surface area contributed by atoms with Gasteiger partial charge in [-0.1, -0.05) is 6.07 Å². The average Bonchev–Trinajstić information content (AvgIpc) is 2.88. The van der Waals surface area contributed by atoms with Gasteiger partial charge in [0.2, 0.25) is 0 Å². The highest BCUT2D eigenvalue weighted by Crippen LogP contribution is 2.31. The van der Waals surface area contributed by atoms with Gasteiger partial charge in [0.15, 0.2) is 6.61 Å². The van der Waals surface area contributed by atoms with Gasteiger partial charge in [0, 0.05) is 4.88 Å². The van der Waals surface area contributed by atoms with E-state index >= 15 is 0 Å². The number of rotatable bonds is 5. The first kappa shape index (κ1) is 16.4. The molecule has 0 fully saturated rings. The lowest BCUT2D eigenvalue weighted by molar-refractivity contribution is -0.137. The van der Waals surface area contributed by atoms with Gasteiger partial charge in [-0.3, -0.25) is 4.79 Å². The van der Waals surface area contributed by atoms with Crippen LogP contribution in [0.5, 0.6) is 5.75 Å². The molecule has 0 aliphatic heterocycles. The third kappa shape index (κ3) is 4.49. The van der Waals surface area contributed by atoms with Crippen LogP contribution in [0.15, 0.2) is 35.7 Å². The van der Waals surface area contributed by atoms with Gasteiger partial charge in [0.05, 0.1) is 12.1 Å². The number of ether oxygens (including phenoxy) is 1. The maximum atomic E-state index is 12.5. The van der Waals surface area contributed by atoms with Crippen molar-refractivity contribution >= 4 is 17.2 Å².